The summed E-state index contributed by atoms with van der Waals surface area (Å²) in [6, 6.07) is 4.48. The predicted molar refractivity (Wildman–Crippen MR) is 63.9 cm³/mol. The lowest BCUT2D eigenvalue weighted by Gasteiger charge is -2.24. The first-order chi connectivity index (χ1) is 8.83. The first kappa shape index (κ1) is 11.2. The molecule has 6 nitrogen and oxygen atoms in total. The van der Waals surface area contributed by atoms with Crippen LogP contribution in [0.15, 0.2) is 28.9 Å². The molecule has 0 bridgehead atoms. The van der Waals surface area contributed by atoms with Gasteiger partial charge in [0.1, 0.15) is 7.05 Å². The molecule has 18 heavy (non-hydrogen) atoms. The number of morpholine rings is 1. The Hall–Kier alpha value is -1.95. The molecule has 1 aliphatic rings. The van der Waals surface area contributed by atoms with E-state index >= 15 is 0 Å². The molecule has 0 aromatic carbocycles. The maximum absolute atomic E-state index is 5.69. The molecule has 1 aliphatic heterocycles. The maximum atomic E-state index is 5.69. The number of hydrogen-bond donors (Lipinski definition) is 0. The van der Waals surface area contributed by atoms with Gasteiger partial charge in [-0.2, -0.15) is 0 Å². The summed E-state index contributed by atoms with van der Waals surface area (Å²) in [7, 11) is 1.97. The van der Waals surface area contributed by atoms with Gasteiger partial charge in [-0.25, -0.2) is 4.57 Å². The molecule has 94 valence electrons. The Balaban J connectivity index is 1.82. The van der Waals surface area contributed by atoms with E-state index in [1.165, 1.54) is 0 Å². The SMILES string of the molecule is C[n+]1ccc(-c2nnc(N3CCOCC3)o2)cc1. The second kappa shape index (κ2) is 4.73. The Labute approximate surface area is 105 Å². The summed E-state index contributed by atoms with van der Waals surface area (Å²) in [4.78, 5) is 2.04. The second-order valence-corrected chi connectivity index (χ2v) is 4.24. The van der Waals surface area contributed by atoms with Gasteiger partial charge in [0.25, 0.3) is 0 Å². The van der Waals surface area contributed by atoms with Crippen molar-refractivity contribution >= 4 is 6.01 Å². The van der Waals surface area contributed by atoms with Crippen molar-refractivity contribution in [3.05, 3.63) is 24.5 Å². The highest BCUT2D eigenvalue weighted by Crippen LogP contribution is 2.21. The van der Waals surface area contributed by atoms with Gasteiger partial charge in [0.2, 0.25) is 5.89 Å². The van der Waals surface area contributed by atoms with Crippen LogP contribution in [0.25, 0.3) is 11.5 Å². The van der Waals surface area contributed by atoms with Crippen LogP contribution in [0, 0.1) is 0 Å². The van der Waals surface area contributed by atoms with Crippen LogP contribution in [0.4, 0.5) is 6.01 Å². The van der Waals surface area contributed by atoms with Crippen LogP contribution in [0.2, 0.25) is 0 Å². The normalized spacial score (nSPS) is 15.9. The van der Waals surface area contributed by atoms with Crippen molar-refractivity contribution in [3.8, 4) is 11.5 Å². The van der Waals surface area contributed by atoms with E-state index in [4.69, 9.17) is 9.15 Å². The van der Waals surface area contributed by atoms with Crippen LogP contribution in [-0.4, -0.2) is 36.5 Å². The van der Waals surface area contributed by atoms with Gasteiger partial charge in [0.15, 0.2) is 12.4 Å². The molecule has 0 amide bonds. The summed E-state index contributed by atoms with van der Waals surface area (Å²) in [5, 5.41) is 8.17. The van der Waals surface area contributed by atoms with Crippen LogP contribution >= 0.6 is 0 Å². The molecule has 6 heteroatoms. The average Bonchev–Trinajstić information content (AvgIpc) is 2.90. The third kappa shape index (κ3) is 2.19. The molecular formula is C12H15N4O2+. The number of rotatable bonds is 2. The molecule has 3 heterocycles. The molecule has 1 saturated heterocycles. The topological polar surface area (TPSA) is 55.3 Å². The van der Waals surface area contributed by atoms with E-state index in [0.29, 0.717) is 25.1 Å². The van der Waals surface area contributed by atoms with Gasteiger partial charge in [-0.15, -0.1) is 5.10 Å². The molecular weight excluding hydrogens is 232 g/mol. The summed E-state index contributed by atoms with van der Waals surface area (Å²) in [5.41, 5.74) is 0.931. The van der Waals surface area contributed by atoms with Crippen LogP contribution in [0.1, 0.15) is 0 Å². The van der Waals surface area contributed by atoms with E-state index in [0.717, 1.165) is 18.7 Å². The number of pyridine rings is 1. The van der Waals surface area contributed by atoms with Gasteiger partial charge in [-0.3, -0.25) is 0 Å². The number of aryl methyl sites for hydroxylation is 1. The first-order valence-electron chi connectivity index (χ1n) is 5.95. The maximum Gasteiger partial charge on any atom is 0.318 e. The van der Waals surface area contributed by atoms with E-state index < -0.39 is 0 Å². The third-order valence-electron chi connectivity index (χ3n) is 2.92. The van der Waals surface area contributed by atoms with E-state index in [2.05, 4.69) is 10.2 Å². The Morgan fingerprint density at radius 1 is 1.17 bits per heavy atom. The summed E-state index contributed by atoms with van der Waals surface area (Å²) in [6.45, 7) is 3.01. The zero-order valence-electron chi connectivity index (χ0n) is 10.2. The molecule has 2 aromatic rings. The van der Waals surface area contributed by atoms with Gasteiger partial charge in [0.05, 0.1) is 18.8 Å². The minimum atomic E-state index is 0.553. The molecule has 0 aliphatic carbocycles. The van der Waals surface area contributed by atoms with Gasteiger partial charge in [-0.05, 0) is 0 Å². The fraction of sp³-hybridized carbons (Fsp3) is 0.417. The highest BCUT2D eigenvalue weighted by Gasteiger charge is 2.18. The highest BCUT2D eigenvalue weighted by atomic mass is 16.5. The Bertz CT molecular complexity index is 517. The van der Waals surface area contributed by atoms with Gasteiger partial charge < -0.3 is 14.1 Å². The highest BCUT2D eigenvalue weighted by molar-refractivity contribution is 5.51. The summed E-state index contributed by atoms with van der Waals surface area (Å²) < 4.78 is 12.9. The van der Waals surface area contributed by atoms with Crippen LogP contribution in [0.5, 0.6) is 0 Å². The van der Waals surface area contributed by atoms with Crippen molar-refractivity contribution in [2.24, 2.45) is 7.05 Å². The van der Waals surface area contributed by atoms with Crippen molar-refractivity contribution in [2.45, 2.75) is 0 Å². The van der Waals surface area contributed by atoms with E-state index in [1.807, 2.05) is 41.0 Å². The van der Waals surface area contributed by atoms with Crippen LogP contribution in [0.3, 0.4) is 0 Å². The van der Waals surface area contributed by atoms with Gasteiger partial charge >= 0.3 is 6.01 Å². The first-order valence-corrected chi connectivity index (χ1v) is 5.95. The molecule has 2 aromatic heterocycles. The predicted octanol–water partition coefficient (Wildman–Crippen LogP) is 0.398. The molecule has 0 atom stereocenters. The molecule has 0 saturated carbocycles. The van der Waals surface area contributed by atoms with E-state index in [9.17, 15) is 0 Å². The quantitative estimate of drug-likeness (QED) is 0.719. The van der Waals surface area contributed by atoms with Crippen molar-refractivity contribution in [1.82, 2.24) is 10.2 Å². The monoisotopic (exact) mass is 247 g/mol. The summed E-state index contributed by atoms with van der Waals surface area (Å²) >= 11 is 0. The zero-order chi connectivity index (χ0) is 12.4. The second-order valence-electron chi connectivity index (χ2n) is 4.24. The largest absolute Gasteiger partial charge is 0.403 e. The molecule has 1 fully saturated rings. The number of ether oxygens (including phenoxy) is 1. The van der Waals surface area contributed by atoms with E-state index in [1.54, 1.807) is 0 Å². The number of nitrogens with zero attached hydrogens (tertiary/aromatic N) is 4. The molecule has 0 spiro atoms. The van der Waals surface area contributed by atoms with E-state index in [-0.39, 0.29) is 0 Å². The lowest BCUT2D eigenvalue weighted by molar-refractivity contribution is -0.671. The number of hydrogen-bond acceptors (Lipinski definition) is 5. The summed E-state index contributed by atoms with van der Waals surface area (Å²) in [6.07, 6.45) is 3.90. The Morgan fingerprint density at radius 2 is 1.89 bits per heavy atom. The van der Waals surface area contributed by atoms with Crippen molar-refractivity contribution in [2.75, 3.05) is 31.2 Å². The Morgan fingerprint density at radius 3 is 2.61 bits per heavy atom. The van der Waals surface area contributed by atoms with Crippen LogP contribution < -0.4 is 9.47 Å². The number of aromatic nitrogens is 3. The smallest absolute Gasteiger partial charge is 0.318 e. The standard InChI is InChI=1S/C12H15N4O2/c1-15-4-2-10(3-5-15)11-13-14-12(18-11)16-6-8-17-9-7-16/h2-5H,6-9H2,1H3/q+1. The average molecular weight is 247 g/mol. The molecule has 0 N–H and O–H groups in total. The number of anilines is 1. The molecule has 0 radical (unpaired) electrons. The van der Waals surface area contributed by atoms with Crippen molar-refractivity contribution in [3.63, 3.8) is 0 Å². The minimum Gasteiger partial charge on any atom is -0.403 e. The summed E-state index contributed by atoms with van der Waals surface area (Å²) in [5.74, 6) is 0.553. The molecule has 3 rings (SSSR count). The minimum absolute atomic E-state index is 0.553. The van der Waals surface area contributed by atoms with Gasteiger partial charge in [-0.1, -0.05) is 5.10 Å². The third-order valence-corrected chi connectivity index (χ3v) is 2.92. The van der Waals surface area contributed by atoms with Crippen molar-refractivity contribution < 1.29 is 13.7 Å². The lowest BCUT2D eigenvalue weighted by Crippen LogP contribution is -2.36. The Kier molecular flexibility index (Phi) is 2.93. The van der Waals surface area contributed by atoms with Crippen molar-refractivity contribution in [1.29, 1.82) is 0 Å². The molecule has 0 unspecified atom stereocenters. The lowest BCUT2D eigenvalue weighted by atomic mass is 10.3. The fourth-order valence-electron chi connectivity index (χ4n) is 1.86. The fourth-order valence-corrected chi connectivity index (χ4v) is 1.86. The van der Waals surface area contributed by atoms with Crippen LogP contribution in [-0.2, 0) is 11.8 Å². The van der Waals surface area contributed by atoms with Gasteiger partial charge in [0, 0.05) is 25.2 Å². The zero-order valence-corrected chi connectivity index (χ0v) is 10.2.